The van der Waals surface area contributed by atoms with Crippen LogP contribution in [0.1, 0.15) is 88.8 Å². The standard InChI is InChI=1S/C50H50Br2Cl2O5/c1-7-55-47-41(51)27-35(29-43(47)53)49(3,4)31-45(33-17-15-23-39(25-33)57-37-19-11-9-12-20-37)59-46(34-18-16-24-40(26-34)58-38-21-13-10-14-22-38)32-50(5,6)36-28-42(52)48(56-8-2)44(54)30-36/h9-30,45-46H,7-8,31-32H2,1-6H3. The number of benzene rings is 6. The van der Waals surface area contributed by atoms with E-state index >= 15 is 0 Å². The molecule has 6 aromatic rings. The van der Waals surface area contributed by atoms with Gasteiger partial charge in [-0.25, -0.2) is 0 Å². The van der Waals surface area contributed by atoms with E-state index in [0.29, 0.717) is 47.6 Å². The molecule has 2 atom stereocenters. The summed E-state index contributed by atoms with van der Waals surface area (Å²) in [5, 5.41) is 1.10. The van der Waals surface area contributed by atoms with Gasteiger partial charge in [-0.15, -0.1) is 0 Å². The van der Waals surface area contributed by atoms with Crippen LogP contribution < -0.4 is 18.9 Å². The molecule has 2 unspecified atom stereocenters. The maximum atomic E-state index is 7.54. The predicted molar refractivity (Wildman–Crippen MR) is 248 cm³/mol. The van der Waals surface area contributed by atoms with Crippen LogP contribution in [0.25, 0.3) is 0 Å². The molecule has 0 heterocycles. The van der Waals surface area contributed by atoms with Crippen molar-refractivity contribution in [2.45, 2.75) is 77.4 Å². The number of hydrogen-bond donors (Lipinski definition) is 0. The first-order valence-electron chi connectivity index (χ1n) is 19.8. The summed E-state index contributed by atoms with van der Waals surface area (Å²) in [5.41, 5.74) is 3.23. The zero-order valence-corrected chi connectivity index (χ0v) is 38.9. The van der Waals surface area contributed by atoms with Crippen LogP contribution in [0.5, 0.6) is 34.5 Å². The Labute approximate surface area is 376 Å². The van der Waals surface area contributed by atoms with E-state index in [1.54, 1.807) is 0 Å². The van der Waals surface area contributed by atoms with Crippen LogP contribution >= 0.6 is 55.1 Å². The van der Waals surface area contributed by atoms with E-state index in [1.165, 1.54) is 0 Å². The van der Waals surface area contributed by atoms with Crippen molar-refractivity contribution in [2.24, 2.45) is 0 Å². The van der Waals surface area contributed by atoms with Crippen molar-refractivity contribution in [3.05, 3.63) is 175 Å². The third kappa shape index (κ3) is 11.6. The molecule has 5 nitrogen and oxygen atoms in total. The molecule has 0 saturated heterocycles. The van der Waals surface area contributed by atoms with Gasteiger partial charge in [-0.1, -0.05) is 112 Å². The molecule has 0 amide bonds. The lowest BCUT2D eigenvalue weighted by molar-refractivity contribution is -0.0413. The summed E-state index contributed by atoms with van der Waals surface area (Å²) in [6.07, 6.45) is 0.416. The van der Waals surface area contributed by atoms with Crippen molar-refractivity contribution in [1.29, 1.82) is 0 Å². The van der Waals surface area contributed by atoms with E-state index in [2.05, 4.69) is 96.0 Å². The predicted octanol–water partition coefficient (Wildman–Crippen LogP) is 16.4. The minimum Gasteiger partial charge on any atom is -0.491 e. The lowest BCUT2D eigenvalue weighted by atomic mass is 9.77. The molecule has 0 aliphatic heterocycles. The Morgan fingerprint density at radius 1 is 0.492 bits per heavy atom. The summed E-state index contributed by atoms with van der Waals surface area (Å²) >= 11 is 21.2. The van der Waals surface area contributed by atoms with E-state index in [4.69, 9.17) is 46.9 Å². The lowest BCUT2D eigenvalue weighted by Crippen LogP contribution is -2.27. The monoisotopic (exact) mass is 958 g/mol. The quantitative estimate of drug-likeness (QED) is 0.0859. The molecule has 0 saturated carbocycles. The molecule has 0 N–H and O–H groups in total. The fraction of sp³-hybridized carbons (Fsp3) is 0.280. The van der Waals surface area contributed by atoms with Gasteiger partial charge in [-0.2, -0.15) is 0 Å². The smallest absolute Gasteiger partial charge is 0.152 e. The molecule has 0 aliphatic rings. The number of halogens is 4. The first-order valence-corrected chi connectivity index (χ1v) is 22.2. The van der Waals surface area contributed by atoms with Crippen LogP contribution in [-0.2, 0) is 15.6 Å². The number of ether oxygens (including phenoxy) is 5. The SMILES string of the molecule is CCOc1c(Cl)cc(C(C)(C)CC(OC(CC(C)(C)c2cc(Cl)c(OCC)c(Br)c2)c2cccc(Oc3ccccc3)c2)c2cccc(Oc3ccccc3)c2)cc1Br. The average Bonchev–Trinajstić information content (AvgIpc) is 3.21. The maximum Gasteiger partial charge on any atom is 0.152 e. The van der Waals surface area contributed by atoms with Gasteiger partial charge in [0.2, 0.25) is 0 Å². The van der Waals surface area contributed by atoms with Crippen molar-refractivity contribution in [3.8, 4) is 34.5 Å². The highest BCUT2D eigenvalue weighted by Gasteiger charge is 2.34. The molecule has 0 aromatic heterocycles. The topological polar surface area (TPSA) is 46.2 Å². The molecule has 6 rings (SSSR count). The largest absolute Gasteiger partial charge is 0.491 e. The fourth-order valence-corrected chi connectivity index (χ4v) is 9.05. The Kier molecular flexibility index (Phi) is 15.1. The highest BCUT2D eigenvalue weighted by Crippen LogP contribution is 2.47. The number of hydrogen-bond acceptors (Lipinski definition) is 5. The Morgan fingerprint density at radius 2 is 0.864 bits per heavy atom. The number of para-hydroxylation sites is 2. The molecular formula is C50H50Br2Cl2O5. The van der Waals surface area contributed by atoms with Crippen molar-refractivity contribution < 1.29 is 23.7 Å². The fourth-order valence-electron chi connectivity index (χ4n) is 7.12. The van der Waals surface area contributed by atoms with Gasteiger partial charge >= 0.3 is 0 Å². The Hall–Kier alpha value is -3.98. The van der Waals surface area contributed by atoms with Gasteiger partial charge < -0.3 is 23.7 Å². The van der Waals surface area contributed by atoms with E-state index in [1.807, 2.05) is 111 Å². The third-order valence-electron chi connectivity index (χ3n) is 10.3. The first kappa shape index (κ1) is 44.6. The Bertz CT molecular complexity index is 2110. The van der Waals surface area contributed by atoms with Crippen LogP contribution in [0, 0.1) is 0 Å². The minimum atomic E-state index is -0.413. The second-order valence-electron chi connectivity index (χ2n) is 15.7. The zero-order chi connectivity index (χ0) is 42.2. The van der Waals surface area contributed by atoms with E-state index in [9.17, 15) is 0 Å². The molecular weight excluding hydrogens is 911 g/mol. The summed E-state index contributed by atoms with van der Waals surface area (Å²) in [6.45, 7) is 13.8. The summed E-state index contributed by atoms with van der Waals surface area (Å²) in [6, 6.07) is 44.2. The normalized spacial score (nSPS) is 12.8. The second-order valence-corrected chi connectivity index (χ2v) is 18.2. The van der Waals surface area contributed by atoms with E-state index in [0.717, 1.165) is 54.2 Å². The van der Waals surface area contributed by atoms with Crippen molar-refractivity contribution >= 4 is 55.1 Å². The average molecular weight is 962 g/mol. The van der Waals surface area contributed by atoms with Gasteiger partial charge in [0.25, 0.3) is 0 Å². The first-order chi connectivity index (χ1) is 28.3. The minimum absolute atomic E-state index is 0.399. The van der Waals surface area contributed by atoms with Crippen LogP contribution in [0.3, 0.4) is 0 Å². The van der Waals surface area contributed by atoms with Crippen molar-refractivity contribution in [1.82, 2.24) is 0 Å². The Balaban J connectivity index is 1.44. The summed E-state index contributed by atoms with van der Waals surface area (Å²) in [5.74, 6) is 4.21. The summed E-state index contributed by atoms with van der Waals surface area (Å²) in [7, 11) is 0. The molecule has 0 fully saturated rings. The van der Waals surface area contributed by atoms with E-state index in [-0.39, 0.29) is 0 Å². The van der Waals surface area contributed by atoms with Crippen molar-refractivity contribution in [2.75, 3.05) is 13.2 Å². The highest BCUT2D eigenvalue weighted by molar-refractivity contribution is 9.11. The maximum absolute atomic E-state index is 7.54. The van der Waals surface area contributed by atoms with Crippen molar-refractivity contribution in [3.63, 3.8) is 0 Å². The molecule has 0 bridgehead atoms. The molecule has 9 heteroatoms. The van der Waals surface area contributed by atoms with Gasteiger partial charge in [0.15, 0.2) is 11.5 Å². The van der Waals surface area contributed by atoms with Gasteiger partial charge in [-0.3, -0.25) is 0 Å². The molecule has 59 heavy (non-hydrogen) atoms. The number of rotatable bonds is 18. The summed E-state index contributed by atoms with van der Waals surface area (Å²) < 4.78 is 33.6. The lowest BCUT2D eigenvalue weighted by Gasteiger charge is -2.36. The van der Waals surface area contributed by atoms with Crippen LogP contribution in [0.4, 0.5) is 0 Å². The molecule has 0 aliphatic carbocycles. The van der Waals surface area contributed by atoms with Crippen LogP contribution in [0.2, 0.25) is 10.0 Å². The molecule has 0 radical (unpaired) electrons. The van der Waals surface area contributed by atoms with Gasteiger partial charge in [0.1, 0.15) is 23.0 Å². The van der Waals surface area contributed by atoms with E-state index < -0.39 is 23.0 Å². The van der Waals surface area contributed by atoms with Gasteiger partial charge in [-0.05, 0) is 164 Å². The third-order valence-corrected chi connectivity index (χ3v) is 12.0. The molecule has 0 spiro atoms. The molecule has 6 aromatic carbocycles. The van der Waals surface area contributed by atoms with Gasteiger partial charge in [0, 0.05) is 0 Å². The van der Waals surface area contributed by atoms with Gasteiger partial charge in [0.05, 0.1) is 44.4 Å². The zero-order valence-electron chi connectivity index (χ0n) is 34.2. The second kappa shape index (κ2) is 20.1. The van der Waals surface area contributed by atoms with Crippen LogP contribution in [0.15, 0.2) is 142 Å². The van der Waals surface area contributed by atoms with Crippen LogP contribution in [-0.4, -0.2) is 13.2 Å². The summed E-state index contributed by atoms with van der Waals surface area (Å²) in [4.78, 5) is 0. The Morgan fingerprint density at radius 3 is 1.22 bits per heavy atom. The highest BCUT2D eigenvalue weighted by atomic mass is 79.9. The molecule has 308 valence electrons.